The number of nitrogens with one attached hydrogen (secondary N) is 1. The van der Waals surface area contributed by atoms with Gasteiger partial charge in [-0.25, -0.2) is 0 Å². The molecule has 1 aromatic rings. The highest BCUT2D eigenvalue weighted by Gasteiger charge is 2.27. The van der Waals surface area contributed by atoms with Crippen molar-refractivity contribution in [3.05, 3.63) is 34.9 Å². The van der Waals surface area contributed by atoms with Gasteiger partial charge in [0.25, 0.3) is 0 Å². The van der Waals surface area contributed by atoms with Crippen LogP contribution in [0.5, 0.6) is 0 Å². The van der Waals surface area contributed by atoms with Crippen molar-refractivity contribution < 1.29 is 0 Å². The van der Waals surface area contributed by atoms with Crippen LogP contribution in [-0.2, 0) is 0 Å². The van der Waals surface area contributed by atoms with E-state index < -0.39 is 0 Å². The molecule has 1 aliphatic carbocycles. The van der Waals surface area contributed by atoms with Crippen LogP contribution in [0.2, 0.25) is 0 Å². The highest BCUT2D eigenvalue weighted by atomic mass is 14.9. The maximum absolute atomic E-state index is 3.81. The van der Waals surface area contributed by atoms with Gasteiger partial charge in [0.1, 0.15) is 0 Å². The standard InChI is InChI=1S/C17H27N/c1-4-12-18-17(15-10-5-6-11-15)16-13(2)8-7-9-14(16)3/h7-9,15,17-18H,4-6,10-12H2,1-3H3. The molecule has 0 heterocycles. The van der Waals surface area contributed by atoms with Crippen LogP contribution in [0.15, 0.2) is 18.2 Å². The van der Waals surface area contributed by atoms with Crippen LogP contribution in [0.25, 0.3) is 0 Å². The second kappa shape index (κ2) is 6.38. The summed E-state index contributed by atoms with van der Waals surface area (Å²) in [5.74, 6) is 0.844. The van der Waals surface area contributed by atoms with Crippen molar-refractivity contribution in [3.8, 4) is 0 Å². The van der Waals surface area contributed by atoms with E-state index in [0.717, 1.165) is 12.5 Å². The van der Waals surface area contributed by atoms with Crippen molar-refractivity contribution in [1.82, 2.24) is 5.32 Å². The van der Waals surface area contributed by atoms with E-state index in [1.807, 2.05) is 0 Å². The van der Waals surface area contributed by atoms with Gasteiger partial charge < -0.3 is 5.32 Å². The third kappa shape index (κ3) is 2.95. The Balaban J connectivity index is 2.26. The lowest BCUT2D eigenvalue weighted by molar-refractivity contribution is 0.366. The van der Waals surface area contributed by atoms with Crippen molar-refractivity contribution in [2.75, 3.05) is 6.54 Å². The molecule has 0 radical (unpaired) electrons. The molecule has 0 bridgehead atoms. The molecule has 1 fully saturated rings. The van der Waals surface area contributed by atoms with Crippen LogP contribution < -0.4 is 5.32 Å². The summed E-state index contributed by atoms with van der Waals surface area (Å²) in [6, 6.07) is 7.28. The Morgan fingerprint density at radius 2 is 1.78 bits per heavy atom. The van der Waals surface area contributed by atoms with Crippen LogP contribution in [0.1, 0.15) is 61.8 Å². The third-order valence-electron chi connectivity index (χ3n) is 4.34. The topological polar surface area (TPSA) is 12.0 Å². The van der Waals surface area contributed by atoms with Gasteiger partial charge in [0.15, 0.2) is 0 Å². The summed E-state index contributed by atoms with van der Waals surface area (Å²) in [7, 11) is 0. The summed E-state index contributed by atoms with van der Waals surface area (Å²) in [6.07, 6.45) is 6.85. The first-order chi connectivity index (χ1) is 8.74. The van der Waals surface area contributed by atoms with E-state index in [4.69, 9.17) is 0 Å². The molecule has 1 aliphatic rings. The van der Waals surface area contributed by atoms with Gasteiger partial charge in [-0.1, -0.05) is 38.0 Å². The highest BCUT2D eigenvalue weighted by Crippen LogP contribution is 2.37. The maximum atomic E-state index is 3.81. The predicted octanol–water partition coefficient (Wildman–Crippen LogP) is 4.53. The third-order valence-corrected chi connectivity index (χ3v) is 4.34. The minimum Gasteiger partial charge on any atom is -0.310 e. The Morgan fingerprint density at radius 3 is 2.33 bits per heavy atom. The minimum absolute atomic E-state index is 0.577. The fraction of sp³-hybridized carbons (Fsp3) is 0.647. The van der Waals surface area contributed by atoms with Gasteiger partial charge in [-0.3, -0.25) is 0 Å². The Morgan fingerprint density at radius 1 is 1.17 bits per heavy atom. The Labute approximate surface area is 112 Å². The molecule has 0 aromatic heterocycles. The van der Waals surface area contributed by atoms with Crippen molar-refractivity contribution in [2.24, 2.45) is 5.92 Å². The maximum Gasteiger partial charge on any atom is 0.0353 e. The Bertz CT molecular complexity index is 357. The Kier molecular flexibility index (Phi) is 4.82. The van der Waals surface area contributed by atoms with E-state index in [9.17, 15) is 0 Å². The van der Waals surface area contributed by atoms with Gasteiger partial charge in [0.05, 0.1) is 0 Å². The second-order valence-corrected chi connectivity index (χ2v) is 5.78. The van der Waals surface area contributed by atoms with Crippen LogP contribution in [0.4, 0.5) is 0 Å². The van der Waals surface area contributed by atoms with E-state index in [1.54, 1.807) is 5.56 Å². The Hall–Kier alpha value is -0.820. The van der Waals surface area contributed by atoms with Crippen molar-refractivity contribution >= 4 is 0 Å². The molecule has 18 heavy (non-hydrogen) atoms. The van der Waals surface area contributed by atoms with Gasteiger partial charge in [-0.05, 0) is 62.3 Å². The van der Waals surface area contributed by atoms with Crippen molar-refractivity contribution in [3.63, 3.8) is 0 Å². The van der Waals surface area contributed by atoms with Crippen LogP contribution >= 0.6 is 0 Å². The molecule has 1 unspecified atom stereocenters. The molecule has 0 saturated heterocycles. The molecule has 0 aliphatic heterocycles. The molecular formula is C17H27N. The monoisotopic (exact) mass is 245 g/mol. The first-order valence-corrected chi connectivity index (χ1v) is 7.53. The van der Waals surface area contributed by atoms with E-state index in [0.29, 0.717) is 6.04 Å². The molecule has 1 N–H and O–H groups in total. The first kappa shape index (κ1) is 13.6. The fourth-order valence-electron chi connectivity index (χ4n) is 3.41. The van der Waals surface area contributed by atoms with E-state index in [2.05, 4.69) is 44.3 Å². The average Bonchev–Trinajstić information content (AvgIpc) is 2.86. The number of benzene rings is 1. The molecule has 0 spiro atoms. The second-order valence-electron chi connectivity index (χ2n) is 5.78. The zero-order valence-electron chi connectivity index (χ0n) is 12.1. The zero-order valence-corrected chi connectivity index (χ0v) is 12.1. The predicted molar refractivity (Wildman–Crippen MR) is 78.9 cm³/mol. The molecule has 1 heteroatoms. The molecule has 1 nitrogen and oxygen atoms in total. The molecule has 2 rings (SSSR count). The zero-order chi connectivity index (χ0) is 13.0. The van der Waals surface area contributed by atoms with Crippen molar-refractivity contribution in [2.45, 2.75) is 58.9 Å². The number of hydrogen-bond donors (Lipinski definition) is 1. The molecule has 1 aromatic carbocycles. The smallest absolute Gasteiger partial charge is 0.0353 e. The van der Waals surface area contributed by atoms with Crippen LogP contribution in [0.3, 0.4) is 0 Å². The fourth-order valence-corrected chi connectivity index (χ4v) is 3.41. The quantitative estimate of drug-likeness (QED) is 0.803. The highest BCUT2D eigenvalue weighted by molar-refractivity contribution is 5.36. The number of hydrogen-bond acceptors (Lipinski definition) is 1. The SMILES string of the molecule is CCCNC(c1c(C)cccc1C)C1CCCC1. The van der Waals surface area contributed by atoms with Gasteiger partial charge in [0.2, 0.25) is 0 Å². The average molecular weight is 245 g/mol. The molecule has 0 amide bonds. The largest absolute Gasteiger partial charge is 0.310 e. The molecular weight excluding hydrogens is 218 g/mol. The van der Waals surface area contributed by atoms with E-state index in [-0.39, 0.29) is 0 Å². The number of aryl methyl sites for hydroxylation is 2. The first-order valence-electron chi connectivity index (χ1n) is 7.53. The number of rotatable bonds is 5. The minimum atomic E-state index is 0.577. The summed E-state index contributed by atoms with van der Waals surface area (Å²) in [5.41, 5.74) is 4.48. The van der Waals surface area contributed by atoms with Gasteiger partial charge in [-0.2, -0.15) is 0 Å². The lowest BCUT2D eigenvalue weighted by atomic mass is 9.86. The van der Waals surface area contributed by atoms with Crippen molar-refractivity contribution in [1.29, 1.82) is 0 Å². The molecule has 1 saturated carbocycles. The van der Waals surface area contributed by atoms with Gasteiger partial charge >= 0.3 is 0 Å². The van der Waals surface area contributed by atoms with E-state index in [1.165, 1.54) is 43.2 Å². The lowest BCUT2D eigenvalue weighted by Crippen LogP contribution is -2.29. The summed E-state index contributed by atoms with van der Waals surface area (Å²) in [5, 5.41) is 3.81. The molecule has 100 valence electrons. The summed E-state index contributed by atoms with van der Waals surface area (Å²) in [6.45, 7) is 7.91. The van der Waals surface area contributed by atoms with Gasteiger partial charge in [0, 0.05) is 6.04 Å². The summed E-state index contributed by atoms with van der Waals surface area (Å²) in [4.78, 5) is 0. The normalized spacial score (nSPS) is 18.2. The van der Waals surface area contributed by atoms with E-state index >= 15 is 0 Å². The summed E-state index contributed by atoms with van der Waals surface area (Å²) >= 11 is 0. The molecule has 1 atom stereocenters. The van der Waals surface area contributed by atoms with Crippen LogP contribution in [-0.4, -0.2) is 6.54 Å². The summed E-state index contributed by atoms with van der Waals surface area (Å²) < 4.78 is 0. The van der Waals surface area contributed by atoms with Gasteiger partial charge in [-0.15, -0.1) is 0 Å². The van der Waals surface area contributed by atoms with Crippen LogP contribution in [0, 0.1) is 19.8 Å². The lowest BCUT2D eigenvalue weighted by Gasteiger charge is -2.28.